The van der Waals surface area contributed by atoms with Crippen LogP contribution >= 0.6 is 0 Å². The molecule has 0 radical (unpaired) electrons. The van der Waals surface area contributed by atoms with Gasteiger partial charge in [0.25, 0.3) is 0 Å². The summed E-state index contributed by atoms with van der Waals surface area (Å²) in [6, 6.07) is 8.72. The molecule has 1 fully saturated rings. The van der Waals surface area contributed by atoms with Crippen molar-refractivity contribution >= 4 is 5.57 Å². The van der Waals surface area contributed by atoms with Crippen molar-refractivity contribution < 1.29 is 4.74 Å². The van der Waals surface area contributed by atoms with Crippen molar-refractivity contribution in [2.45, 2.75) is 51.6 Å². The Morgan fingerprint density at radius 1 is 1.19 bits per heavy atom. The Labute approximate surface area is 128 Å². The van der Waals surface area contributed by atoms with E-state index < -0.39 is 0 Å². The van der Waals surface area contributed by atoms with Gasteiger partial charge < -0.3 is 10.1 Å². The summed E-state index contributed by atoms with van der Waals surface area (Å²) in [4.78, 5) is 0. The third kappa shape index (κ3) is 3.88. The van der Waals surface area contributed by atoms with E-state index in [1.54, 1.807) is 0 Å². The van der Waals surface area contributed by atoms with Gasteiger partial charge >= 0.3 is 0 Å². The van der Waals surface area contributed by atoms with Crippen LogP contribution in [0.1, 0.15) is 51.0 Å². The highest BCUT2D eigenvalue weighted by atomic mass is 16.5. The van der Waals surface area contributed by atoms with Crippen LogP contribution in [0.5, 0.6) is 5.75 Å². The van der Waals surface area contributed by atoms with Gasteiger partial charge in [-0.3, -0.25) is 0 Å². The van der Waals surface area contributed by atoms with Gasteiger partial charge in [-0.2, -0.15) is 0 Å². The summed E-state index contributed by atoms with van der Waals surface area (Å²) in [6.07, 6.45) is 10.3. The maximum absolute atomic E-state index is 6.20. The third-order valence-electron chi connectivity index (χ3n) is 4.90. The highest BCUT2D eigenvalue weighted by Crippen LogP contribution is 2.30. The number of benzene rings is 1. The summed E-state index contributed by atoms with van der Waals surface area (Å²) < 4.78 is 6.20. The van der Waals surface area contributed by atoms with Gasteiger partial charge in [0, 0.05) is 6.54 Å². The molecule has 0 amide bonds. The normalized spacial score (nSPS) is 26.2. The quantitative estimate of drug-likeness (QED) is 0.884. The zero-order chi connectivity index (χ0) is 14.5. The molecule has 0 spiro atoms. The van der Waals surface area contributed by atoms with Crippen molar-refractivity contribution in [3.05, 3.63) is 35.9 Å². The van der Waals surface area contributed by atoms with Crippen LogP contribution in [0.2, 0.25) is 0 Å². The number of hydrogen-bond donors (Lipinski definition) is 1. The lowest BCUT2D eigenvalue weighted by Crippen LogP contribution is -2.25. The van der Waals surface area contributed by atoms with E-state index >= 15 is 0 Å². The first kappa shape index (κ1) is 14.6. The molecule has 1 heterocycles. The molecule has 2 aliphatic rings. The fraction of sp³-hybridized carbons (Fsp3) is 0.579. The molecule has 1 N–H and O–H groups in total. The molecule has 0 aromatic heterocycles. The Bertz CT molecular complexity index is 477. The maximum atomic E-state index is 6.20. The number of rotatable bonds is 4. The average molecular weight is 285 g/mol. The maximum Gasteiger partial charge on any atom is 0.119 e. The molecular weight excluding hydrogens is 258 g/mol. The van der Waals surface area contributed by atoms with E-state index in [9.17, 15) is 0 Å². The van der Waals surface area contributed by atoms with E-state index in [4.69, 9.17) is 4.74 Å². The van der Waals surface area contributed by atoms with E-state index in [1.165, 1.54) is 43.2 Å². The molecule has 21 heavy (non-hydrogen) atoms. The van der Waals surface area contributed by atoms with Gasteiger partial charge in [-0.05, 0) is 61.4 Å². The minimum Gasteiger partial charge on any atom is -0.490 e. The fourth-order valence-electron chi connectivity index (χ4n) is 3.54. The minimum absolute atomic E-state index is 0.424. The molecule has 1 aliphatic carbocycles. The Kier molecular flexibility index (Phi) is 4.97. The van der Waals surface area contributed by atoms with Crippen LogP contribution < -0.4 is 10.1 Å². The summed E-state index contributed by atoms with van der Waals surface area (Å²) >= 11 is 0. The predicted octanol–water partition coefficient (Wildman–Crippen LogP) is 4.41. The van der Waals surface area contributed by atoms with Gasteiger partial charge in [0.15, 0.2) is 0 Å². The monoisotopic (exact) mass is 285 g/mol. The smallest absolute Gasteiger partial charge is 0.119 e. The second-order valence-electron chi connectivity index (χ2n) is 6.39. The topological polar surface area (TPSA) is 21.3 Å². The highest BCUT2D eigenvalue weighted by Gasteiger charge is 2.22. The zero-order valence-corrected chi connectivity index (χ0v) is 13.1. The molecule has 114 valence electrons. The summed E-state index contributed by atoms with van der Waals surface area (Å²) in [6.45, 7) is 4.38. The van der Waals surface area contributed by atoms with Gasteiger partial charge in [-0.25, -0.2) is 0 Å². The Morgan fingerprint density at radius 2 is 2.05 bits per heavy atom. The van der Waals surface area contributed by atoms with Crippen molar-refractivity contribution in [2.24, 2.45) is 5.92 Å². The molecule has 2 heteroatoms. The highest BCUT2D eigenvalue weighted by molar-refractivity contribution is 5.67. The van der Waals surface area contributed by atoms with Crippen LogP contribution in [0.25, 0.3) is 5.57 Å². The average Bonchev–Trinajstić information content (AvgIpc) is 2.56. The standard InChI is InChI=1S/C19H27NO/c1-2-15-4-3-5-19(14-15)21-18-8-6-16(7-9-18)17-10-12-20-13-11-17/h6-10,15,19-20H,2-5,11-14H2,1H3. The zero-order valence-electron chi connectivity index (χ0n) is 13.1. The van der Waals surface area contributed by atoms with Gasteiger partial charge in [-0.15, -0.1) is 0 Å². The molecule has 1 aromatic carbocycles. The SMILES string of the molecule is CCC1CCCC(Oc2ccc(C3=CCNCC3)cc2)C1. The summed E-state index contributed by atoms with van der Waals surface area (Å²) in [7, 11) is 0. The van der Waals surface area contributed by atoms with Crippen molar-refractivity contribution in [1.29, 1.82) is 0 Å². The second kappa shape index (κ2) is 7.13. The van der Waals surface area contributed by atoms with E-state index in [-0.39, 0.29) is 0 Å². The number of ether oxygens (including phenoxy) is 1. The largest absolute Gasteiger partial charge is 0.490 e. The Morgan fingerprint density at radius 3 is 2.76 bits per heavy atom. The first-order chi connectivity index (χ1) is 10.3. The van der Waals surface area contributed by atoms with E-state index in [1.807, 2.05) is 0 Å². The van der Waals surface area contributed by atoms with Crippen molar-refractivity contribution in [3.63, 3.8) is 0 Å². The van der Waals surface area contributed by atoms with Gasteiger partial charge in [-0.1, -0.05) is 38.0 Å². The third-order valence-corrected chi connectivity index (χ3v) is 4.90. The molecule has 3 rings (SSSR count). The molecule has 0 bridgehead atoms. The van der Waals surface area contributed by atoms with Gasteiger partial charge in [0.1, 0.15) is 5.75 Å². The molecule has 2 atom stereocenters. The van der Waals surface area contributed by atoms with Crippen LogP contribution in [-0.4, -0.2) is 19.2 Å². The van der Waals surface area contributed by atoms with E-state index in [2.05, 4.69) is 42.6 Å². The van der Waals surface area contributed by atoms with Crippen LogP contribution in [0.3, 0.4) is 0 Å². The molecule has 1 saturated carbocycles. The molecular formula is C19H27NO. The van der Waals surface area contributed by atoms with Gasteiger partial charge in [0.05, 0.1) is 6.10 Å². The first-order valence-corrected chi connectivity index (χ1v) is 8.52. The molecule has 2 nitrogen and oxygen atoms in total. The summed E-state index contributed by atoms with van der Waals surface area (Å²) in [5.41, 5.74) is 2.81. The van der Waals surface area contributed by atoms with E-state index in [0.717, 1.165) is 31.2 Å². The van der Waals surface area contributed by atoms with Crippen LogP contribution in [0, 0.1) is 5.92 Å². The number of hydrogen-bond acceptors (Lipinski definition) is 2. The molecule has 0 saturated heterocycles. The first-order valence-electron chi connectivity index (χ1n) is 8.52. The summed E-state index contributed by atoms with van der Waals surface area (Å²) in [5, 5.41) is 3.36. The van der Waals surface area contributed by atoms with Crippen LogP contribution in [0.15, 0.2) is 30.3 Å². The fourth-order valence-corrected chi connectivity index (χ4v) is 3.54. The lowest BCUT2D eigenvalue weighted by Gasteiger charge is -2.29. The predicted molar refractivity (Wildman–Crippen MR) is 88.6 cm³/mol. The Balaban J connectivity index is 1.60. The van der Waals surface area contributed by atoms with Crippen molar-refractivity contribution in [1.82, 2.24) is 5.32 Å². The van der Waals surface area contributed by atoms with E-state index in [0.29, 0.717) is 6.10 Å². The lowest BCUT2D eigenvalue weighted by molar-refractivity contribution is 0.122. The van der Waals surface area contributed by atoms with Crippen molar-refractivity contribution in [2.75, 3.05) is 13.1 Å². The van der Waals surface area contributed by atoms with Gasteiger partial charge in [0.2, 0.25) is 0 Å². The molecule has 2 unspecified atom stereocenters. The lowest BCUT2D eigenvalue weighted by atomic mass is 9.85. The number of nitrogens with one attached hydrogen (secondary N) is 1. The molecule has 1 aliphatic heterocycles. The van der Waals surface area contributed by atoms with Crippen molar-refractivity contribution in [3.8, 4) is 5.75 Å². The summed E-state index contributed by atoms with van der Waals surface area (Å²) in [5.74, 6) is 1.90. The molecule has 1 aromatic rings. The second-order valence-corrected chi connectivity index (χ2v) is 6.39. The van der Waals surface area contributed by atoms with Crippen LogP contribution in [0.4, 0.5) is 0 Å². The van der Waals surface area contributed by atoms with Crippen LogP contribution in [-0.2, 0) is 0 Å². The Hall–Kier alpha value is -1.28. The minimum atomic E-state index is 0.424.